The number of carbonyl (C=O) groups is 2. The number of carbonyl (C=O) groups excluding carboxylic acids is 1. The van der Waals surface area contributed by atoms with E-state index in [9.17, 15) is 14.7 Å². The molecule has 1 aliphatic heterocycles. The number of hydrogen-bond donors (Lipinski definition) is 3. The molecule has 1 saturated heterocycles. The van der Waals surface area contributed by atoms with Crippen LogP contribution in [-0.4, -0.2) is 27.1 Å². The lowest BCUT2D eigenvalue weighted by molar-refractivity contribution is -0.114. The van der Waals surface area contributed by atoms with Crippen LogP contribution in [0.2, 0.25) is 5.02 Å². The lowest BCUT2D eigenvalue weighted by atomic mass is 10.0. The summed E-state index contributed by atoms with van der Waals surface area (Å²) in [6.07, 6.45) is 1.72. The zero-order valence-corrected chi connectivity index (χ0v) is 21.1. The van der Waals surface area contributed by atoms with Crippen LogP contribution < -0.4 is 15.5 Å². The number of aromatic carboxylic acids is 1. The molecule has 1 amide bonds. The number of pyridine rings is 1. The summed E-state index contributed by atoms with van der Waals surface area (Å²) in [4.78, 5) is 29.4. The molecule has 5 rings (SSSR count). The van der Waals surface area contributed by atoms with Crippen LogP contribution in [0, 0.1) is 0 Å². The van der Waals surface area contributed by atoms with Gasteiger partial charge in [0.25, 0.3) is 0 Å². The lowest BCUT2D eigenvalue weighted by Crippen LogP contribution is -2.29. The van der Waals surface area contributed by atoms with Gasteiger partial charge in [-0.1, -0.05) is 17.7 Å². The van der Waals surface area contributed by atoms with Gasteiger partial charge in [-0.3, -0.25) is 9.78 Å². The number of halogens is 1. The van der Waals surface area contributed by atoms with Crippen molar-refractivity contribution in [1.82, 2.24) is 10.3 Å². The van der Waals surface area contributed by atoms with Gasteiger partial charge in [-0.15, -0.1) is 0 Å². The second-order valence-electron chi connectivity index (χ2n) is 8.43. The van der Waals surface area contributed by atoms with E-state index in [4.69, 9.17) is 28.2 Å². The number of thiocarbonyl (C=S) groups is 1. The molecule has 3 N–H and O–H groups in total. The van der Waals surface area contributed by atoms with E-state index in [2.05, 4.69) is 15.6 Å². The fourth-order valence-corrected chi connectivity index (χ4v) is 4.89. The Morgan fingerprint density at radius 3 is 2.57 bits per heavy atom. The highest BCUT2D eigenvalue weighted by Crippen LogP contribution is 2.43. The Bertz CT molecular complexity index is 1490. The minimum atomic E-state index is -1.06. The van der Waals surface area contributed by atoms with Gasteiger partial charge in [0.2, 0.25) is 5.91 Å². The molecule has 8 nitrogen and oxygen atoms in total. The van der Waals surface area contributed by atoms with Crippen LogP contribution in [0.3, 0.4) is 0 Å². The summed E-state index contributed by atoms with van der Waals surface area (Å²) >= 11 is 12.1. The number of nitrogens with one attached hydrogen (secondary N) is 2. The van der Waals surface area contributed by atoms with Crippen molar-refractivity contribution < 1.29 is 19.1 Å². The van der Waals surface area contributed by atoms with Crippen molar-refractivity contribution in [2.24, 2.45) is 0 Å². The molecule has 0 spiro atoms. The first-order valence-electron chi connectivity index (χ1n) is 11.3. The first kappa shape index (κ1) is 24.5. The zero-order chi connectivity index (χ0) is 26.1. The topological polar surface area (TPSA) is 108 Å². The van der Waals surface area contributed by atoms with Crippen LogP contribution in [-0.2, 0) is 4.79 Å². The third-order valence-electron chi connectivity index (χ3n) is 5.96. The van der Waals surface area contributed by atoms with Crippen LogP contribution in [0.1, 0.15) is 40.8 Å². The first-order chi connectivity index (χ1) is 17.8. The number of carboxylic acids is 1. The number of aromatic nitrogens is 1. The smallest absolute Gasteiger partial charge is 0.335 e. The SMILES string of the molecule is CC(=O)Nc1ccc(N2C(=S)N[C@H](c3ccccn3)[C@H]2c2ccc(-c3cc(C(=O)O)ccc3Cl)o2)cc1. The fraction of sp³-hybridized carbons (Fsp3) is 0.111. The normalized spacial score (nSPS) is 16.9. The summed E-state index contributed by atoms with van der Waals surface area (Å²) in [5.74, 6) is -0.200. The van der Waals surface area contributed by atoms with Crippen molar-refractivity contribution in [3.05, 3.63) is 101 Å². The van der Waals surface area contributed by atoms with E-state index < -0.39 is 12.0 Å². The zero-order valence-electron chi connectivity index (χ0n) is 19.5. The average molecular weight is 533 g/mol. The van der Waals surface area contributed by atoms with Gasteiger partial charge in [0.15, 0.2) is 5.11 Å². The van der Waals surface area contributed by atoms with Gasteiger partial charge < -0.3 is 25.1 Å². The summed E-state index contributed by atoms with van der Waals surface area (Å²) < 4.78 is 6.29. The Kier molecular flexibility index (Phi) is 6.64. The molecule has 4 aromatic rings. The lowest BCUT2D eigenvalue weighted by Gasteiger charge is -2.26. The van der Waals surface area contributed by atoms with Crippen molar-refractivity contribution in [1.29, 1.82) is 0 Å². The molecule has 2 aromatic carbocycles. The maximum Gasteiger partial charge on any atom is 0.335 e. The van der Waals surface area contributed by atoms with Crippen molar-refractivity contribution in [3.8, 4) is 11.3 Å². The summed E-state index contributed by atoms with van der Waals surface area (Å²) in [5.41, 5.74) is 2.81. The standard InChI is InChI=1S/C27H21ClN4O4S/c1-15(33)30-17-6-8-18(9-7-17)32-25(24(31-27(32)37)21-4-2-3-13-29-21)23-12-11-22(36-23)19-14-16(26(34)35)5-10-20(19)28/h2-14,24-25H,1H3,(H,30,33)(H,31,37)(H,34,35)/t24-,25-/m1/s1. The van der Waals surface area contributed by atoms with E-state index in [1.807, 2.05) is 41.3 Å². The molecule has 0 aliphatic carbocycles. The number of amides is 1. The molecule has 0 bridgehead atoms. The summed E-state index contributed by atoms with van der Waals surface area (Å²) in [6.45, 7) is 1.45. The van der Waals surface area contributed by atoms with E-state index in [1.54, 1.807) is 24.4 Å². The Morgan fingerprint density at radius 1 is 1.11 bits per heavy atom. The van der Waals surface area contributed by atoms with Gasteiger partial charge in [-0.05, 0) is 78.9 Å². The highest BCUT2D eigenvalue weighted by atomic mass is 35.5. The van der Waals surface area contributed by atoms with E-state index in [0.717, 1.165) is 11.4 Å². The molecule has 3 heterocycles. The Labute approximate surface area is 222 Å². The Balaban J connectivity index is 1.57. The second kappa shape index (κ2) is 10.0. The molecular weight excluding hydrogens is 512 g/mol. The number of benzene rings is 2. The average Bonchev–Trinajstić information content (AvgIpc) is 3.49. The van der Waals surface area contributed by atoms with Crippen LogP contribution in [0.15, 0.2) is 83.4 Å². The molecule has 10 heteroatoms. The molecular formula is C27H21ClN4O4S. The van der Waals surface area contributed by atoms with Crippen LogP contribution in [0.25, 0.3) is 11.3 Å². The van der Waals surface area contributed by atoms with Gasteiger partial charge >= 0.3 is 5.97 Å². The first-order valence-corrected chi connectivity index (χ1v) is 12.1. The van der Waals surface area contributed by atoms with E-state index >= 15 is 0 Å². The van der Waals surface area contributed by atoms with Crippen molar-refractivity contribution in [3.63, 3.8) is 0 Å². The van der Waals surface area contributed by atoms with Crippen molar-refractivity contribution in [2.75, 3.05) is 10.2 Å². The fourth-order valence-electron chi connectivity index (χ4n) is 4.33. The monoisotopic (exact) mass is 532 g/mol. The number of furan rings is 1. The summed E-state index contributed by atoms with van der Waals surface area (Å²) in [6, 6.07) is 20.3. The predicted molar refractivity (Wildman–Crippen MR) is 145 cm³/mol. The van der Waals surface area contributed by atoms with E-state index in [-0.39, 0.29) is 17.5 Å². The van der Waals surface area contributed by atoms with Gasteiger partial charge in [0.1, 0.15) is 17.6 Å². The molecule has 0 radical (unpaired) electrons. The number of nitrogens with zero attached hydrogens (tertiary/aromatic N) is 2. The van der Waals surface area contributed by atoms with Crippen LogP contribution >= 0.6 is 23.8 Å². The largest absolute Gasteiger partial charge is 0.478 e. The number of hydrogen-bond acceptors (Lipinski definition) is 5. The Hall–Kier alpha value is -4.21. The molecule has 0 saturated carbocycles. The molecule has 186 valence electrons. The molecule has 2 atom stereocenters. The third kappa shape index (κ3) is 4.91. The summed E-state index contributed by atoms with van der Waals surface area (Å²) in [7, 11) is 0. The molecule has 1 fully saturated rings. The minimum Gasteiger partial charge on any atom is -0.478 e. The van der Waals surface area contributed by atoms with Gasteiger partial charge in [0.05, 0.1) is 22.3 Å². The number of rotatable bonds is 6. The maximum atomic E-state index is 11.5. The summed E-state index contributed by atoms with van der Waals surface area (Å²) in [5, 5.41) is 16.4. The third-order valence-corrected chi connectivity index (χ3v) is 6.61. The van der Waals surface area contributed by atoms with E-state index in [0.29, 0.717) is 32.9 Å². The quantitative estimate of drug-likeness (QED) is 0.266. The number of anilines is 2. The van der Waals surface area contributed by atoms with Crippen LogP contribution in [0.4, 0.5) is 11.4 Å². The van der Waals surface area contributed by atoms with Crippen molar-refractivity contribution in [2.45, 2.75) is 19.0 Å². The number of carboxylic acid groups (broad SMARTS) is 1. The molecule has 0 unspecified atom stereocenters. The molecule has 2 aromatic heterocycles. The molecule has 1 aliphatic rings. The van der Waals surface area contributed by atoms with Gasteiger partial charge in [-0.2, -0.15) is 0 Å². The van der Waals surface area contributed by atoms with Gasteiger partial charge in [-0.25, -0.2) is 4.79 Å². The van der Waals surface area contributed by atoms with E-state index in [1.165, 1.54) is 25.1 Å². The highest BCUT2D eigenvalue weighted by Gasteiger charge is 2.42. The van der Waals surface area contributed by atoms with Gasteiger partial charge in [0, 0.05) is 30.1 Å². The second-order valence-corrected chi connectivity index (χ2v) is 9.22. The predicted octanol–water partition coefficient (Wildman–Crippen LogP) is 5.83. The molecule has 37 heavy (non-hydrogen) atoms. The highest BCUT2D eigenvalue weighted by molar-refractivity contribution is 7.80. The minimum absolute atomic E-state index is 0.105. The van der Waals surface area contributed by atoms with Crippen molar-refractivity contribution >= 4 is 52.2 Å². The Morgan fingerprint density at radius 2 is 1.89 bits per heavy atom. The maximum absolute atomic E-state index is 11.5. The van der Waals surface area contributed by atoms with Crippen LogP contribution in [0.5, 0.6) is 0 Å².